The second-order valence-electron chi connectivity index (χ2n) is 4.98. The van der Waals surface area contributed by atoms with Gasteiger partial charge in [-0.05, 0) is 37.3 Å². The number of nitrogens with one attached hydrogen (secondary N) is 1. The molecule has 0 aliphatic heterocycles. The molecule has 5 heteroatoms. The van der Waals surface area contributed by atoms with Gasteiger partial charge < -0.3 is 16.0 Å². The summed E-state index contributed by atoms with van der Waals surface area (Å²) in [7, 11) is 1.87. The normalized spacial score (nSPS) is 10.2. The number of benzene rings is 2. The molecule has 0 aromatic heterocycles. The zero-order valence-electron chi connectivity index (χ0n) is 12.1. The van der Waals surface area contributed by atoms with Crippen molar-refractivity contribution in [2.45, 2.75) is 6.92 Å². The fraction of sp³-hybridized carbons (Fsp3) is 0.188. The minimum absolute atomic E-state index is 0.134. The fourth-order valence-electron chi connectivity index (χ4n) is 1.93. The van der Waals surface area contributed by atoms with Crippen LogP contribution in [0, 0.1) is 6.92 Å². The van der Waals surface area contributed by atoms with Gasteiger partial charge >= 0.3 is 0 Å². The van der Waals surface area contributed by atoms with Crippen LogP contribution in [0.2, 0.25) is 5.02 Å². The number of halogens is 1. The van der Waals surface area contributed by atoms with Crippen LogP contribution in [0.3, 0.4) is 0 Å². The Kier molecular flexibility index (Phi) is 4.70. The number of carbonyl (C=O) groups is 1. The first-order valence-electron chi connectivity index (χ1n) is 6.58. The van der Waals surface area contributed by atoms with Crippen molar-refractivity contribution in [2.75, 3.05) is 29.5 Å². The summed E-state index contributed by atoms with van der Waals surface area (Å²) in [6.07, 6.45) is 0. The second-order valence-corrected chi connectivity index (χ2v) is 5.39. The van der Waals surface area contributed by atoms with Crippen molar-refractivity contribution in [1.29, 1.82) is 0 Å². The topological polar surface area (TPSA) is 58.4 Å². The molecule has 0 radical (unpaired) electrons. The summed E-state index contributed by atoms with van der Waals surface area (Å²) in [4.78, 5) is 13.9. The van der Waals surface area contributed by atoms with E-state index < -0.39 is 0 Å². The van der Waals surface area contributed by atoms with Gasteiger partial charge in [0.1, 0.15) is 0 Å². The quantitative estimate of drug-likeness (QED) is 0.852. The molecule has 2 aromatic rings. The highest BCUT2D eigenvalue weighted by Gasteiger charge is 2.09. The van der Waals surface area contributed by atoms with E-state index in [1.807, 2.05) is 43.1 Å². The largest absolute Gasteiger partial charge is 0.399 e. The van der Waals surface area contributed by atoms with E-state index in [4.69, 9.17) is 17.3 Å². The van der Waals surface area contributed by atoms with Gasteiger partial charge in [0.15, 0.2) is 0 Å². The standard InChI is InChI=1S/C16H18ClN3O/c1-11-3-6-13(7-4-11)20(2)10-16(21)19-15-8-5-12(18)9-14(15)17/h3-9H,10,18H2,1-2H3,(H,19,21). The Hall–Kier alpha value is -2.20. The van der Waals surface area contributed by atoms with E-state index in [9.17, 15) is 4.79 Å². The molecule has 1 amide bonds. The third kappa shape index (κ3) is 4.13. The molecule has 4 nitrogen and oxygen atoms in total. The van der Waals surface area contributed by atoms with Gasteiger partial charge in [-0.15, -0.1) is 0 Å². The number of nitrogens with zero attached hydrogens (tertiary/aromatic N) is 1. The van der Waals surface area contributed by atoms with Gasteiger partial charge in [-0.1, -0.05) is 29.3 Å². The molecule has 0 aliphatic carbocycles. The van der Waals surface area contributed by atoms with Crippen LogP contribution in [-0.4, -0.2) is 19.5 Å². The predicted molar refractivity (Wildman–Crippen MR) is 88.9 cm³/mol. The van der Waals surface area contributed by atoms with Crippen LogP contribution in [0.15, 0.2) is 42.5 Å². The molecule has 0 bridgehead atoms. The summed E-state index contributed by atoms with van der Waals surface area (Å²) in [5.74, 6) is -0.134. The average molecular weight is 304 g/mol. The van der Waals surface area contributed by atoms with Crippen molar-refractivity contribution < 1.29 is 4.79 Å². The van der Waals surface area contributed by atoms with Crippen molar-refractivity contribution in [3.63, 3.8) is 0 Å². The molecule has 2 rings (SSSR count). The number of carbonyl (C=O) groups excluding carboxylic acids is 1. The van der Waals surface area contributed by atoms with Gasteiger partial charge in [0.2, 0.25) is 5.91 Å². The van der Waals surface area contributed by atoms with Crippen molar-refractivity contribution in [3.8, 4) is 0 Å². The number of likely N-dealkylation sites (N-methyl/N-ethyl adjacent to an activating group) is 1. The number of nitrogen functional groups attached to an aromatic ring is 1. The lowest BCUT2D eigenvalue weighted by molar-refractivity contribution is -0.114. The Morgan fingerprint density at radius 1 is 1.24 bits per heavy atom. The third-order valence-corrected chi connectivity index (χ3v) is 3.44. The van der Waals surface area contributed by atoms with Crippen LogP contribution >= 0.6 is 11.6 Å². The van der Waals surface area contributed by atoms with E-state index in [1.54, 1.807) is 18.2 Å². The van der Waals surface area contributed by atoms with Crippen LogP contribution in [0.5, 0.6) is 0 Å². The molecule has 0 saturated heterocycles. The lowest BCUT2D eigenvalue weighted by Crippen LogP contribution is -2.30. The highest BCUT2D eigenvalue weighted by atomic mass is 35.5. The van der Waals surface area contributed by atoms with E-state index >= 15 is 0 Å². The first kappa shape index (κ1) is 15.2. The molecule has 21 heavy (non-hydrogen) atoms. The second kappa shape index (κ2) is 6.50. The van der Waals surface area contributed by atoms with Gasteiger partial charge in [-0.25, -0.2) is 0 Å². The lowest BCUT2D eigenvalue weighted by atomic mass is 10.2. The average Bonchev–Trinajstić information content (AvgIpc) is 2.42. The molecule has 0 heterocycles. The number of anilines is 3. The maximum atomic E-state index is 12.1. The number of hydrogen-bond donors (Lipinski definition) is 2. The summed E-state index contributed by atoms with van der Waals surface area (Å²) in [6.45, 7) is 2.27. The Balaban J connectivity index is 1.99. The number of aryl methyl sites for hydroxylation is 1. The SMILES string of the molecule is Cc1ccc(N(C)CC(=O)Nc2ccc(N)cc2Cl)cc1. The maximum absolute atomic E-state index is 12.1. The highest BCUT2D eigenvalue weighted by Crippen LogP contribution is 2.24. The molecule has 2 aromatic carbocycles. The van der Waals surface area contributed by atoms with E-state index in [0.717, 1.165) is 5.69 Å². The first-order chi connectivity index (χ1) is 9.95. The third-order valence-electron chi connectivity index (χ3n) is 3.12. The summed E-state index contributed by atoms with van der Waals surface area (Å²) < 4.78 is 0. The summed E-state index contributed by atoms with van der Waals surface area (Å²) in [5.41, 5.74) is 8.92. The van der Waals surface area contributed by atoms with E-state index in [2.05, 4.69) is 5.32 Å². The van der Waals surface area contributed by atoms with Crippen LogP contribution in [0.1, 0.15) is 5.56 Å². The molecule has 0 saturated carbocycles. The van der Waals surface area contributed by atoms with E-state index in [0.29, 0.717) is 16.4 Å². The summed E-state index contributed by atoms with van der Waals surface area (Å²) in [5, 5.41) is 3.21. The monoisotopic (exact) mass is 303 g/mol. The fourth-order valence-corrected chi connectivity index (χ4v) is 2.16. The molecular weight excluding hydrogens is 286 g/mol. The molecular formula is C16H18ClN3O. The van der Waals surface area contributed by atoms with Crippen molar-refractivity contribution in [2.24, 2.45) is 0 Å². The number of nitrogens with two attached hydrogens (primary N) is 1. The molecule has 0 atom stereocenters. The molecule has 0 fully saturated rings. The van der Waals surface area contributed by atoms with Gasteiger partial charge in [-0.3, -0.25) is 4.79 Å². The minimum Gasteiger partial charge on any atom is -0.399 e. The zero-order valence-corrected chi connectivity index (χ0v) is 12.8. The van der Waals surface area contributed by atoms with Gasteiger partial charge in [0.05, 0.1) is 17.3 Å². The van der Waals surface area contributed by atoms with Crippen LogP contribution in [0.25, 0.3) is 0 Å². The predicted octanol–water partition coefficient (Wildman–Crippen LogP) is 3.31. The molecule has 0 aliphatic rings. The maximum Gasteiger partial charge on any atom is 0.243 e. The smallest absolute Gasteiger partial charge is 0.243 e. The summed E-state index contributed by atoms with van der Waals surface area (Å²) >= 11 is 6.04. The number of amides is 1. The summed E-state index contributed by atoms with van der Waals surface area (Å²) in [6, 6.07) is 13.0. The van der Waals surface area contributed by atoms with Crippen molar-refractivity contribution in [1.82, 2.24) is 0 Å². The lowest BCUT2D eigenvalue weighted by Gasteiger charge is -2.19. The Morgan fingerprint density at radius 2 is 1.90 bits per heavy atom. The molecule has 0 unspecified atom stereocenters. The Labute approximate surface area is 129 Å². The Morgan fingerprint density at radius 3 is 2.52 bits per heavy atom. The molecule has 110 valence electrons. The first-order valence-corrected chi connectivity index (χ1v) is 6.96. The number of rotatable bonds is 4. The molecule has 3 N–H and O–H groups in total. The minimum atomic E-state index is -0.134. The Bertz CT molecular complexity index is 640. The van der Waals surface area contributed by atoms with Crippen molar-refractivity contribution in [3.05, 3.63) is 53.1 Å². The van der Waals surface area contributed by atoms with Gasteiger partial charge in [-0.2, -0.15) is 0 Å². The van der Waals surface area contributed by atoms with E-state index in [1.165, 1.54) is 5.56 Å². The van der Waals surface area contributed by atoms with Crippen LogP contribution < -0.4 is 16.0 Å². The zero-order chi connectivity index (χ0) is 15.4. The van der Waals surface area contributed by atoms with Gasteiger partial charge in [0, 0.05) is 18.4 Å². The van der Waals surface area contributed by atoms with Crippen LogP contribution in [0.4, 0.5) is 17.1 Å². The molecule has 0 spiro atoms. The van der Waals surface area contributed by atoms with Crippen LogP contribution in [-0.2, 0) is 4.79 Å². The highest BCUT2D eigenvalue weighted by molar-refractivity contribution is 6.34. The van der Waals surface area contributed by atoms with E-state index in [-0.39, 0.29) is 12.5 Å². The van der Waals surface area contributed by atoms with Crippen molar-refractivity contribution >= 4 is 34.6 Å². The number of hydrogen-bond acceptors (Lipinski definition) is 3. The van der Waals surface area contributed by atoms with Gasteiger partial charge in [0.25, 0.3) is 0 Å².